The standard InChI is InChI=1S/C11H20N4O3/c12-10(14-18)7-1-3-9(4-2-7)15-5-8(6-15)13-11(16)17/h7-9,13,18H,1-6H2,(H2,12,14)(H,16,17). The van der Waals surface area contributed by atoms with E-state index in [0.717, 1.165) is 38.8 Å². The van der Waals surface area contributed by atoms with Crippen LogP contribution in [0, 0.1) is 5.92 Å². The molecule has 2 fully saturated rings. The average Bonchev–Trinajstić information content (AvgIpc) is 2.32. The predicted octanol–water partition coefficient (Wildman–Crippen LogP) is 0.243. The average molecular weight is 256 g/mol. The predicted molar refractivity (Wildman–Crippen MR) is 65.7 cm³/mol. The van der Waals surface area contributed by atoms with E-state index in [1.807, 2.05) is 0 Å². The lowest BCUT2D eigenvalue weighted by molar-refractivity contribution is 0.0521. The van der Waals surface area contributed by atoms with Gasteiger partial charge in [-0.25, -0.2) is 4.79 Å². The normalized spacial score (nSPS) is 30.8. The van der Waals surface area contributed by atoms with Gasteiger partial charge in [-0.05, 0) is 25.7 Å². The Bertz CT molecular complexity index is 333. The Morgan fingerprint density at radius 1 is 1.28 bits per heavy atom. The fourth-order valence-electron chi connectivity index (χ4n) is 2.90. The highest BCUT2D eigenvalue weighted by Gasteiger charge is 2.35. The van der Waals surface area contributed by atoms with E-state index in [9.17, 15) is 4.79 Å². The van der Waals surface area contributed by atoms with Crippen LogP contribution in [0.2, 0.25) is 0 Å². The van der Waals surface area contributed by atoms with Crippen LogP contribution in [0.4, 0.5) is 4.79 Å². The number of amides is 1. The molecule has 0 unspecified atom stereocenters. The van der Waals surface area contributed by atoms with Crippen LogP contribution >= 0.6 is 0 Å². The molecule has 0 aromatic carbocycles. The summed E-state index contributed by atoms with van der Waals surface area (Å²) in [7, 11) is 0. The summed E-state index contributed by atoms with van der Waals surface area (Å²) in [6.07, 6.45) is 2.99. The summed E-state index contributed by atoms with van der Waals surface area (Å²) in [5.41, 5.74) is 5.60. The molecular formula is C11H20N4O3. The number of hydrogen-bond donors (Lipinski definition) is 4. The van der Waals surface area contributed by atoms with Crippen molar-refractivity contribution in [1.82, 2.24) is 10.2 Å². The summed E-state index contributed by atoms with van der Waals surface area (Å²) in [4.78, 5) is 12.8. The quantitative estimate of drug-likeness (QED) is 0.250. The van der Waals surface area contributed by atoms with Gasteiger partial charge in [0.05, 0.1) is 6.04 Å². The number of oxime groups is 1. The largest absolute Gasteiger partial charge is 0.465 e. The summed E-state index contributed by atoms with van der Waals surface area (Å²) in [6, 6.07) is 0.587. The first-order chi connectivity index (χ1) is 8.60. The van der Waals surface area contributed by atoms with Crippen LogP contribution in [0.1, 0.15) is 25.7 Å². The lowest BCUT2D eigenvalue weighted by Gasteiger charge is -2.46. The van der Waals surface area contributed by atoms with Gasteiger partial charge in [-0.2, -0.15) is 0 Å². The third-order valence-corrected chi connectivity index (χ3v) is 3.98. The molecule has 1 amide bonds. The summed E-state index contributed by atoms with van der Waals surface area (Å²) >= 11 is 0. The fraction of sp³-hybridized carbons (Fsp3) is 0.818. The van der Waals surface area contributed by atoms with Crippen molar-refractivity contribution >= 4 is 11.9 Å². The van der Waals surface area contributed by atoms with E-state index in [2.05, 4.69) is 15.4 Å². The molecule has 0 radical (unpaired) electrons. The Labute approximate surface area is 106 Å². The molecule has 0 aromatic heterocycles. The zero-order valence-electron chi connectivity index (χ0n) is 10.2. The molecule has 0 aromatic rings. The molecule has 1 aliphatic heterocycles. The molecular weight excluding hydrogens is 236 g/mol. The van der Waals surface area contributed by atoms with E-state index >= 15 is 0 Å². The van der Waals surface area contributed by atoms with Gasteiger partial charge in [0.2, 0.25) is 0 Å². The second kappa shape index (κ2) is 5.43. The van der Waals surface area contributed by atoms with E-state index in [4.69, 9.17) is 16.0 Å². The topological polar surface area (TPSA) is 111 Å². The van der Waals surface area contributed by atoms with Crippen LogP contribution in [-0.4, -0.2) is 52.3 Å². The van der Waals surface area contributed by atoms with Crippen molar-refractivity contribution in [3.63, 3.8) is 0 Å². The first-order valence-corrected chi connectivity index (χ1v) is 6.31. The van der Waals surface area contributed by atoms with Crippen molar-refractivity contribution in [2.24, 2.45) is 16.8 Å². The maximum absolute atomic E-state index is 10.5. The van der Waals surface area contributed by atoms with E-state index in [-0.39, 0.29) is 12.0 Å². The van der Waals surface area contributed by atoms with Crippen LogP contribution in [-0.2, 0) is 0 Å². The van der Waals surface area contributed by atoms with Crippen LogP contribution in [0.3, 0.4) is 0 Å². The molecule has 2 aliphatic rings. The Hall–Kier alpha value is -1.50. The second-order valence-corrected chi connectivity index (χ2v) is 5.13. The molecule has 7 heteroatoms. The highest BCUT2D eigenvalue weighted by Crippen LogP contribution is 2.30. The monoisotopic (exact) mass is 256 g/mol. The van der Waals surface area contributed by atoms with Gasteiger partial charge in [-0.3, -0.25) is 4.90 Å². The first-order valence-electron chi connectivity index (χ1n) is 6.31. The van der Waals surface area contributed by atoms with Gasteiger partial charge in [0.15, 0.2) is 0 Å². The molecule has 0 spiro atoms. The number of hydrogen-bond acceptors (Lipinski definition) is 4. The minimum atomic E-state index is -0.949. The second-order valence-electron chi connectivity index (χ2n) is 5.13. The van der Waals surface area contributed by atoms with Crippen molar-refractivity contribution in [2.45, 2.75) is 37.8 Å². The molecule has 5 N–H and O–H groups in total. The minimum Gasteiger partial charge on any atom is -0.465 e. The van der Waals surface area contributed by atoms with E-state index in [1.54, 1.807) is 0 Å². The maximum Gasteiger partial charge on any atom is 0.404 e. The molecule has 1 aliphatic carbocycles. The number of nitrogens with zero attached hydrogens (tertiary/aromatic N) is 2. The number of carbonyl (C=O) groups is 1. The molecule has 1 saturated heterocycles. The van der Waals surface area contributed by atoms with Gasteiger partial charge in [0, 0.05) is 25.0 Å². The minimum absolute atomic E-state index is 0.0734. The summed E-state index contributed by atoms with van der Waals surface area (Å²) in [6.45, 7) is 1.59. The summed E-state index contributed by atoms with van der Waals surface area (Å²) < 4.78 is 0. The molecule has 2 rings (SSSR count). The molecule has 7 nitrogen and oxygen atoms in total. The Morgan fingerprint density at radius 2 is 1.89 bits per heavy atom. The Balaban J connectivity index is 1.71. The smallest absolute Gasteiger partial charge is 0.404 e. The number of amidine groups is 1. The number of nitrogens with two attached hydrogens (primary N) is 1. The fourth-order valence-corrected chi connectivity index (χ4v) is 2.90. The van der Waals surface area contributed by atoms with Gasteiger partial charge < -0.3 is 21.4 Å². The Morgan fingerprint density at radius 3 is 2.39 bits per heavy atom. The number of rotatable bonds is 3. The van der Waals surface area contributed by atoms with Gasteiger partial charge in [-0.15, -0.1) is 0 Å². The molecule has 0 bridgehead atoms. The van der Waals surface area contributed by atoms with Gasteiger partial charge in [0.25, 0.3) is 0 Å². The number of likely N-dealkylation sites (tertiary alicyclic amines) is 1. The third kappa shape index (κ3) is 2.84. The maximum atomic E-state index is 10.5. The molecule has 1 saturated carbocycles. The van der Waals surface area contributed by atoms with Gasteiger partial charge >= 0.3 is 6.09 Å². The highest BCUT2D eigenvalue weighted by atomic mass is 16.4. The SMILES string of the molecule is NC(=NO)C1CCC(N2CC(NC(=O)O)C2)CC1. The molecule has 102 valence electrons. The van der Waals surface area contributed by atoms with Crippen molar-refractivity contribution in [3.8, 4) is 0 Å². The highest BCUT2D eigenvalue weighted by molar-refractivity contribution is 5.82. The van der Waals surface area contributed by atoms with Crippen LogP contribution < -0.4 is 11.1 Å². The van der Waals surface area contributed by atoms with E-state index in [0.29, 0.717) is 11.9 Å². The zero-order chi connectivity index (χ0) is 13.1. The lowest BCUT2D eigenvalue weighted by atomic mass is 9.83. The van der Waals surface area contributed by atoms with Crippen LogP contribution in [0.15, 0.2) is 5.16 Å². The number of nitrogens with one attached hydrogen (secondary N) is 1. The lowest BCUT2D eigenvalue weighted by Crippen LogP contribution is -2.62. The summed E-state index contributed by atoms with van der Waals surface area (Å²) in [5, 5.41) is 22.8. The van der Waals surface area contributed by atoms with Gasteiger partial charge in [0.1, 0.15) is 5.84 Å². The van der Waals surface area contributed by atoms with Crippen molar-refractivity contribution in [3.05, 3.63) is 0 Å². The van der Waals surface area contributed by atoms with Gasteiger partial charge in [-0.1, -0.05) is 5.16 Å². The molecule has 18 heavy (non-hydrogen) atoms. The van der Waals surface area contributed by atoms with E-state index < -0.39 is 6.09 Å². The molecule has 1 heterocycles. The van der Waals surface area contributed by atoms with Crippen LogP contribution in [0.5, 0.6) is 0 Å². The third-order valence-electron chi connectivity index (χ3n) is 3.98. The molecule has 0 atom stereocenters. The van der Waals surface area contributed by atoms with E-state index in [1.165, 1.54) is 0 Å². The zero-order valence-corrected chi connectivity index (χ0v) is 10.2. The van der Waals surface area contributed by atoms with Crippen molar-refractivity contribution in [1.29, 1.82) is 0 Å². The number of carboxylic acid groups (broad SMARTS) is 1. The van der Waals surface area contributed by atoms with Crippen molar-refractivity contribution in [2.75, 3.05) is 13.1 Å². The van der Waals surface area contributed by atoms with Crippen LogP contribution in [0.25, 0.3) is 0 Å². The Kier molecular flexibility index (Phi) is 3.90. The summed E-state index contributed by atoms with van der Waals surface area (Å²) in [5.74, 6) is 0.531. The van der Waals surface area contributed by atoms with Crippen molar-refractivity contribution < 1.29 is 15.1 Å². The first kappa shape index (κ1) is 12.9.